The average molecular weight is 229 g/mol. The van der Waals surface area contributed by atoms with E-state index in [1.54, 1.807) is 6.92 Å². The summed E-state index contributed by atoms with van der Waals surface area (Å²) in [4.78, 5) is 0. The highest BCUT2D eigenvalue weighted by atomic mass is 32.2. The average Bonchev–Trinajstić information content (AvgIpc) is 2.17. The molecule has 0 amide bonds. The number of hydrogen-bond donors (Lipinski definition) is 1. The zero-order valence-electron chi connectivity index (χ0n) is 9.20. The molecule has 0 bridgehead atoms. The van der Waals surface area contributed by atoms with Crippen LogP contribution in [-0.2, 0) is 9.84 Å². The molecule has 1 aliphatic rings. The van der Waals surface area contributed by atoms with E-state index in [0.29, 0.717) is 18.6 Å². The smallest absolute Gasteiger partial charge is 0.154 e. The molecule has 1 rings (SSSR count). The number of hydrogen-bond acceptors (Lipinski definition) is 3. The van der Waals surface area contributed by atoms with Gasteiger partial charge in [0, 0.05) is 12.5 Å². The fourth-order valence-corrected chi connectivity index (χ4v) is 4.11. The van der Waals surface area contributed by atoms with Crippen molar-refractivity contribution in [1.82, 2.24) is 0 Å². The van der Waals surface area contributed by atoms with Crippen molar-refractivity contribution in [1.29, 1.82) is 0 Å². The minimum Gasteiger partial charge on any atom is -0.326 e. The first-order valence-electron chi connectivity index (χ1n) is 5.44. The topological polar surface area (TPSA) is 60.2 Å². The van der Waals surface area contributed by atoms with Crippen LogP contribution in [0.25, 0.3) is 0 Å². The summed E-state index contributed by atoms with van der Waals surface area (Å²) in [6.07, 6.45) is 3.88. The summed E-state index contributed by atoms with van der Waals surface area (Å²) in [7, 11) is -2.93. The molecule has 3 nitrogen and oxygen atoms in total. The third kappa shape index (κ3) is 3.51. The van der Waals surface area contributed by atoms with Crippen molar-refractivity contribution < 1.29 is 8.42 Å². The molecule has 0 aromatic rings. The van der Waals surface area contributed by atoms with Gasteiger partial charge in [-0.25, -0.2) is 8.42 Å². The Balaban J connectivity index is 2.55. The van der Waals surface area contributed by atoms with Crippen LogP contribution in [0.15, 0.2) is 0 Å². The van der Waals surface area contributed by atoms with Crippen LogP contribution in [0.2, 0.25) is 0 Å². The lowest BCUT2D eigenvalue weighted by Gasteiger charge is -2.27. The van der Waals surface area contributed by atoms with E-state index in [2.05, 4.69) is 11.8 Å². The molecule has 1 heterocycles. The van der Waals surface area contributed by atoms with Gasteiger partial charge in [0.1, 0.15) is 0 Å². The van der Waals surface area contributed by atoms with E-state index in [4.69, 9.17) is 5.73 Å². The fraction of sp³-hybridized carbons (Fsp3) is 0.818. The van der Waals surface area contributed by atoms with Crippen molar-refractivity contribution in [2.24, 2.45) is 5.73 Å². The quantitative estimate of drug-likeness (QED) is 0.737. The Morgan fingerprint density at radius 1 is 1.47 bits per heavy atom. The predicted octanol–water partition coefficient (Wildman–Crippen LogP) is 1.08. The fourth-order valence-electron chi connectivity index (χ4n) is 2.01. The van der Waals surface area contributed by atoms with Gasteiger partial charge in [0.15, 0.2) is 9.84 Å². The van der Waals surface area contributed by atoms with Crippen molar-refractivity contribution in [3.8, 4) is 11.8 Å². The Labute approximate surface area is 92.3 Å². The lowest BCUT2D eigenvalue weighted by atomic mass is 10.0. The Morgan fingerprint density at radius 2 is 2.20 bits per heavy atom. The lowest BCUT2D eigenvalue weighted by molar-refractivity contribution is 0.484. The first-order valence-corrected chi connectivity index (χ1v) is 7.16. The van der Waals surface area contributed by atoms with E-state index in [0.717, 1.165) is 19.3 Å². The molecule has 2 atom stereocenters. The van der Waals surface area contributed by atoms with Gasteiger partial charge in [-0.2, -0.15) is 0 Å². The van der Waals surface area contributed by atoms with Gasteiger partial charge < -0.3 is 5.73 Å². The molecule has 2 unspecified atom stereocenters. The van der Waals surface area contributed by atoms with Gasteiger partial charge in [0.25, 0.3) is 0 Å². The summed E-state index contributed by atoms with van der Waals surface area (Å²) in [5, 5.41) is -0.329. The molecule has 0 aliphatic carbocycles. The van der Waals surface area contributed by atoms with Gasteiger partial charge in [-0.05, 0) is 26.2 Å². The molecule has 0 radical (unpaired) electrons. The molecule has 86 valence electrons. The van der Waals surface area contributed by atoms with Crippen molar-refractivity contribution in [3.63, 3.8) is 0 Å². The minimum atomic E-state index is -2.93. The summed E-state index contributed by atoms with van der Waals surface area (Å²) in [5.41, 5.74) is 5.92. The summed E-state index contributed by atoms with van der Waals surface area (Å²) in [5.74, 6) is 6.02. The summed E-state index contributed by atoms with van der Waals surface area (Å²) >= 11 is 0. The van der Waals surface area contributed by atoms with Gasteiger partial charge in [-0.15, -0.1) is 11.8 Å². The molecule has 0 aromatic carbocycles. The highest BCUT2D eigenvalue weighted by molar-refractivity contribution is 7.92. The van der Waals surface area contributed by atoms with Crippen molar-refractivity contribution in [2.45, 2.75) is 50.3 Å². The summed E-state index contributed by atoms with van der Waals surface area (Å²) < 4.78 is 23.5. The molecular formula is C11H19NO2S. The Morgan fingerprint density at radius 3 is 2.80 bits per heavy atom. The van der Waals surface area contributed by atoms with Crippen LogP contribution in [0.3, 0.4) is 0 Å². The van der Waals surface area contributed by atoms with Gasteiger partial charge in [0.2, 0.25) is 0 Å². The van der Waals surface area contributed by atoms with Crippen LogP contribution < -0.4 is 5.73 Å². The molecule has 1 fully saturated rings. The van der Waals surface area contributed by atoms with E-state index in [1.165, 1.54) is 0 Å². The van der Waals surface area contributed by atoms with Crippen LogP contribution in [0, 0.1) is 11.8 Å². The van der Waals surface area contributed by atoms with E-state index < -0.39 is 9.84 Å². The normalized spacial score (nSPS) is 26.4. The zero-order chi connectivity index (χ0) is 11.3. The number of nitrogens with two attached hydrogens (primary N) is 1. The maximum atomic E-state index is 11.7. The third-order valence-corrected chi connectivity index (χ3v) is 5.25. The SMILES string of the molecule is CC#CCCC(N)C1CCCCS1(=O)=O. The first-order chi connectivity index (χ1) is 7.08. The van der Waals surface area contributed by atoms with Crippen molar-refractivity contribution >= 4 is 9.84 Å². The van der Waals surface area contributed by atoms with Crippen LogP contribution >= 0.6 is 0 Å². The molecular weight excluding hydrogens is 210 g/mol. The van der Waals surface area contributed by atoms with E-state index in [1.807, 2.05) is 0 Å². The summed E-state index contributed by atoms with van der Waals surface area (Å²) in [6, 6.07) is -0.240. The molecule has 0 spiro atoms. The monoisotopic (exact) mass is 229 g/mol. The maximum Gasteiger partial charge on any atom is 0.154 e. The Kier molecular flexibility index (Phi) is 4.62. The molecule has 2 N–H and O–H groups in total. The molecule has 1 saturated heterocycles. The molecule has 15 heavy (non-hydrogen) atoms. The van der Waals surface area contributed by atoms with Gasteiger partial charge in [-0.3, -0.25) is 0 Å². The van der Waals surface area contributed by atoms with Crippen LogP contribution in [0.1, 0.15) is 39.0 Å². The van der Waals surface area contributed by atoms with Crippen LogP contribution in [0.5, 0.6) is 0 Å². The van der Waals surface area contributed by atoms with Crippen LogP contribution in [0.4, 0.5) is 0 Å². The van der Waals surface area contributed by atoms with E-state index in [-0.39, 0.29) is 11.3 Å². The van der Waals surface area contributed by atoms with Gasteiger partial charge in [0.05, 0.1) is 11.0 Å². The van der Waals surface area contributed by atoms with Crippen molar-refractivity contribution in [2.75, 3.05) is 5.75 Å². The Hall–Kier alpha value is -0.530. The lowest BCUT2D eigenvalue weighted by Crippen LogP contribution is -2.43. The zero-order valence-corrected chi connectivity index (χ0v) is 10.0. The van der Waals surface area contributed by atoms with Crippen molar-refractivity contribution in [3.05, 3.63) is 0 Å². The minimum absolute atomic E-state index is 0.240. The molecule has 1 aliphatic heterocycles. The first kappa shape index (κ1) is 12.5. The predicted molar refractivity (Wildman–Crippen MR) is 62.1 cm³/mol. The van der Waals surface area contributed by atoms with E-state index in [9.17, 15) is 8.42 Å². The van der Waals surface area contributed by atoms with Crippen LogP contribution in [-0.4, -0.2) is 25.5 Å². The largest absolute Gasteiger partial charge is 0.326 e. The highest BCUT2D eigenvalue weighted by Gasteiger charge is 2.33. The second-order valence-electron chi connectivity index (χ2n) is 4.03. The van der Waals surface area contributed by atoms with Gasteiger partial charge in [-0.1, -0.05) is 6.42 Å². The second-order valence-corrected chi connectivity index (χ2v) is 6.37. The highest BCUT2D eigenvalue weighted by Crippen LogP contribution is 2.23. The summed E-state index contributed by atoms with van der Waals surface area (Å²) in [6.45, 7) is 1.78. The van der Waals surface area contributed by atoms with E-state index >= 15 is 0 Å². The second kappa shape index (κ2) is 5.53. The molecule has 0 saturated carbocycles. The molecule has 0 aromatic heterocycles. The molecule has 4 heteroatoms. The maximum absolute atomic E-state index is 11.7. The number of sulfone groups is 1. The third-order valence-electron chi connectivity index (χ3n) is 2.89. The Bertz CT molecular complexity index is 351. The standard InChI is InChI=1S/C11H19NO2S/c1-2-3-4-7-10(12)11-8-5-6-9-15(11,13)14/h10-11H,4-9,12H2,1H3. The number of rotatable bonds is 3. The van der Waals surface area contributed by atoms with Gasteiger partial charge >= 0.3 is 0 Å².